The largest absolute Gasteiger partial charge is 0.368 e. The number of hydrogen-bond donors (Lipinski definition) is 0. The van der Waals surface area contributed by atoms with Gasteiger partial charge in [-0.15, -0.1) is 0 Å². The molecular weight excluding hydrogens is 330 g/mol. The van der Waals surface area contributed by atoms with Crippen LogP contribution in [0.3, 0.4) is 0 Å². The van der Waals surface area contributed by atoms with Gasteiger partial charge >= 0.3 is 0 Å². The number of para-hydroxylation sites is 1. The zero-order chi connectivity index (χ0) is 17.4. The second kappa shape index (κ2) is 6.38. The SMILES string of the molecule is CC1CCCN1c1c(-c2ccccc2Cl)c(C#N)nc2ccccc12. The average molecular weight is 348 g/mol. The molecule has 124 valence electrons. The quantitative estimate of drug-likeness (QED) is 0.621. The van der Waals surface area contributed by atoms with Gasteiger partial charge in [0.1, 0.15) is 6.07 Å². The molecule has 0 saturated carbocycles. The van der Waals surface area contributed by atoms with Crippen LogP contribution in [-0.2, 0) is 0 Å². The Morgan fingerprint density at radius 1 is 1.16 bits per heavy atom. The molecule has 2 aromatic carbocycles. The molecule has 0 aliphatic carbocycles. The lowest BCUT2D eigenvalue weighted by atomic mass is 9.97. The maximum absolute atomic E-state index is 9.79. The third kappa shape index (κ3) is 2.63. The number of anilines is 1. The van der Waals surface area contributed by atoms with Crippen molar-refractivity contribution >= 4 is 28.2 Å². The summed E-state index contributed by atoms with van der Waals surface area (Å²) in [7, 11) is 0. The molecule has 1 aliphatic rings. The van der Waals surface area contributed by atoms with Crippen LogP contribution < -0.4 is 4.90 Å². The monoisotopic (exact) mass is 347 g/mol. The molecule has 1 saturated heterocycles. The predicted molar refractivity (Wildman–Crippen MR) is 103 cm³/mol. The molecule has 0 radical (unpaired) electrons. The molecule has 1 aromatic heterocycles. The molecule has 1 unspecified atom stereocenters. The van der Waals surface area contributed by atoms with Crippen LogP contribution in [-0.4, -0.2) is 17.6 Å². The highest BCUT2D eigenvalue weighted by Gasteiger charge is 2.28. The summed E-state index contributed by atoms with van der Waals surface area (Å²) < 4.78 is 0. The van der Waals surface area contributed by atoms with Crippen molar-refractivity contribution in [2.24, 2.45) is 0 Å². The summed E-state index contributed by atoms with van der Waals surface area (Å²) in [6.07, 6.45) is 2.31. The molecule has 2 heterocycles. The molecule has 0 bridgehead atoms. The van der Waals surface area contributed by atoms with Crippen LogP contribution in [0.1, 0.15) is 25.5 Å². The normalized spacial score (nSPS) is 17.0. The maximum atomic E-state index is 9.79. The van der Waals surface area contributed by atoms with Gasteiger partial charge in [-0.1, -0.05) is 48.0 Å². The van der Waals surface area contributed by atoms with E-state index >= 15 is 0 Å². The van der Waals surface area contributed by atoms with Crippen molar-refractivity contribution in [3.63, 3.8) is 0 Å². The molecule has 4 heteroatoms. The minimum Gasteiger partial charge on any atom is -0.368 e. The molecule has 25 heavy (non-hydrogen) atoms. The highest BCUT2D eigenvalue weighted by Crippen LogP contribution is 2.43. The van der Waals surface area contributed by atoms with Gasteiger partial charge in [0.05, 0.1) is 11.2 Å². The number of pyridine rings is 1. The topological polar surface area (TPSA) is 39.9 Å². The first-order chi connectivity index (χ1) is 12.2. The Morgan fingerprint density at radius 2 is 1.92 bits per heavy atom. The summed E-state index contributed by atoms with van der Waals surface area (Å²) in [4.78, 5) is 7.03. The van der Waals surface area contributed by atoms with Gasteiger partial charge in [0.25, 0.3) is 0 Å². The molecule has 1 atom stereocenters. The first-order valence-corrected chi connectivity index (χ1v) is 8.93. The predicted octanol–water partition coefficient (Wildman–Crippen LogP) is 5.42. The lowest BCUT2D eigenvalue weighted by Crippen LogP contribution is -2.27. The summed E-state index contributed by atoms with van der Waals surface area (Å²) in [5, 5.41) is 11.5. The lowest BCUT2D eigenvalue weighted by Gasteiger charge is -2.28. The molecule has 3 aromatic rings. The fourth-order valence-corrected chi connectivity index (χ4v) is 3.99. The van der Waals surface area contributed by atoms with E-state index in [4.69, 9.17) is 11.6 Å². The van der Waals surface area contributed by atoms with E-state index in [9.17, 15) is 5.26 Å². The Bertz CT molecular complexity index is 990. The van der Waals surface area contributed by atoms with Crippen LogP contribution in [0.25, 0.3) is 22.0 Å². The maximum Gasteiger partial charge on any atom is 0.151 e. The summed E-state index contributed by atoms with van der Waals surface area (Å²) >= 11 is 6.50. The standard InChI is InChI=1S/C21H18ClN3/c1-14-7-6-12-25(14)21-16-9-3-5-11-18(16)24-19(13-23)20(21)15-8-2-4-10-17(15)22/h2-5,8-11,14H,6-7,12H2,1H3. The Balaban J connectivity index is 2.13. The molecule has 4 rings (SSSR count). The molecule has 0 spiro atoms. The van der Waals surface area contributed by atoms with Gasteiger partial charge in [0, 0.05) is 34.1 Å². The smallest absolute Gasteiger partial charge is 0.151 e. The molecule has 0 amide bonds. The zero-order valence-corrected chi connectivity index (χ0v) is 14.8. The number of nitriles is 1. The second-order valence-corrected chi connectivity index (χ2v) is 6.88. The van der Waals surface area contributed by atoms with Gasteiger partial charge in [-0.05, 0) is 31.9 Å². The first-order valence-electron chi connectivity index (χ1n) is 8.55. The third-order valence-corrected chi connectivity index (χ3v) is 5.28. The van der Waals surface area contributed by atoms with Gasteiger partial charge in [-0.2, -0.15) is 5.26 Å². The van der Waals surface area contributed by atoms with E-state index < -0.39 is 0 Å². The Labute approximate surface area is 152 Å². The summed E-state index contributed by atoms with van der Waals surface area (Å²) in [5.74, 6) is 0. The summed E-state index contributed by atoms with van der Waals surface area (Å²) in [6.45, 7) is 3.22. The second-order valence-electron chi connectivity index (χ2n) is 6.48. The Hall–Kier alpha value is -2.57. The average Bonchev–Trinajstić information content (AvgIpc) is 3.06. The summed E-state index contributed by atoms with van der Waals surface area (Å²) in [6, 6.07) is 18.5. The van der Waals surface area contributed by atoms with Gasteiger partial charge in [-0.3, -0.25) is 0 Å². The number of rotatable bonds is 2. The van der Waals surface area contributed by atoms with Crippen LogP contribution in [0.4, 0.5) is 5.69 Å². The van der Waals surface area contributed by atoms with E-state index in [-0.39, 0.29) is 0 Å². The van der Waals surface area contributed by atoms with Gasteiger partial charge in [-0.25, -0.2) is 4.98 Å². The van der Waals surface area contributed by atoms with Crippen molar-refractivity contribution in [3.8, 4) is 17.2 Å². The molecule has 0 N–H and O–H groups in total. The number of fused-ring (bicyclic) bond motifs is 1. The van der Waals surface area contributed by atoms with E-state index in [2.05, 4.69) is 28.9 Å². The van der Waals surface area contributed by atoms with Crippen molar-refractivity contribution in [3.05, 3.63) is 59.2 Å². The highest BCUT2D eigenvalue weighted by atomic mass is 35.5. The number of hydrogen-bond acceptors (Lipinski definition) is 3. The van der Waals surface area contributed by atoms with Crippen molar-refractivity contribution in [2.75, 3.05) is 11.4 Å². The summed E-state index contributed by atoms with van der Waals surface area (Å²) in [5.41, 5.74) is 4.08. The van der Waals surface area contributed by atoms with Crippen LogP contribution in [0.15, 0.2) is 48.5 Å². The Kier molecular flexibility index (Phi) is 4.07. The van der Waals surface area contributed by atoms with Crippen molar-refractivity contribution in [1.82, 2.24) is 4.98 Å². The highest BCUT2D eigenvalue weighted by molar-refractivity contribution is 6.33. The molecule has 1 fully saturated rings. The molecule has 3 nitrogen and oxygen atoms in total. The van der Waals surface area contributed by atoms with Gasteiger partial charge in [0.2, 0.25) is 0 Å². The zero-order valence-electron chi connectivity index (χ0n) is 14.0. The van der Waals surface area contributed by atoms with Gasteiger partial charge in [0.15, 0.2) is 5.69 Å². The minimum atomic E-state index is 0.429. The minimum absolute atomic E-state index is 0.429. The number of benzene rings is 2. The van der Waals surface area contributed by atoms with Crippen LogP contribution in [0.2, 0.25) is 5.02 Å². The van der Waals surface area contributed by atoms with Crippen LogP contribution in [0, 0.1) is 11.3 Å². The van der Waals surface area contributed by atoms with E-state index in [1.165, 1.54) is 0 Å². The van der Waals surface area contributed by atoms with E-state index in [0.717, 1.165) is 47.1 Å². The van der Waals surface area contributed by atoms with E-state index in [1.54, 1.807) is 0 Å². The Morgan fingerprint density at radius 3 is 2.64 bits per heavy atom. The fourth-order valence-electron chi connectivity index (χ4n) is 3.76. The van der Waals surface area contributed by atoms with Crippen LogP contribution in [0.5, 0.6) is 0 Å². The molecular formula is C21H18ClN3. The van der Waals surface area contributed by atoms with E-state index in [1.807, 2.05) is 42.5 Å². The third-order valence-electron chi connectivity index (χ3n) is 4.95. The lowest BCUT2D eigenvalue weighted by molar-refractivity contribution is 0.737. The number of halogens is 1. The number of aromatic nitrogens is 1. The molecule has 1 aliphatic heterocycles. The first kappa shape index (κ1) is 15.9. The number of nitrogens with zero attached hydrogens (tertiary/aromatic N) is 3. The van der Waals surface area contributed by atoms with Crippen molar-refractivity contribution < 1.29 is 0 Å². The van der Waals surface area contributed by atoms with Gasteiger partial charge < -0.3 is 4.90 Å². The van der Waals surface area contributed by atoms with Crippen molar-refractivity contribution in [1.29, 1.82) is 5.26 Å². The van der Waals surface area contributed by atoms with E-state index in [0.29, 0.717) is 16.8 Å². The van der Waals surface area contributed by atoms with Crippen molar-refractivity contribution in [2.45, 2.75) is 25.8 Å². The fraction of sp³-hybridized carbons (Fsp3) is 0.238. The van der Waals surface area contributed by atoms with Crippen LogP contribution >= 0.6 is 11.6 Å².